The van der Waals surface area contributed by atoms with Crippen molar-refractivity contribution in [1.82, 2.24) is 10.6 Å². The van der Waals surface area contributed by atoms with E-state index in [0.29, 0.717) is 46.3 Å². The molecule has 4 amide bonds. The van der Waals surface area contributed by atoms with Crippen molar-refractivity contribution >= 4 is 46.6 Å². The SMILES string of the molecule is O=C(NC[C@@H]1CCC[C@@H](CNC(=O)Nc2ccc(Cl)cc2)C1)Nc1ccc(Cl)cc1. The normalized spacial score (nSPS) is 18.3. The van der Waals surface area contributed by atoms with Crippen molar-refractivity contribution in [3.8, 4) is 0 Å². The van der Waals surface area contributed by atoms with E-state index in [1.807, 2.05) is 0 Å². The maximum absolute atomic E-state index is 12.1. The predicted molar refractivity (Wildman–Crippen MR) is 122 cm³/mol. The summed E-state index contributed by atoms with van der Waals surface area (Å²) >= 11 is 11.7. The molecule has 0 saturated heterocycles. The van der Waals surface area contributed by atoms with Gasteiger partial charge in [-0.05, 0) is 79.6 Å². The molecule has 0 radical (unpaired) electrons. The molecule has 0 spiro atoms. The van der Waals surface area contributed by atoms with E-state index >= 15 is 0 Å². The topological polar surface area (TPSA) is 82.3 Å². The van der Waals surface area contributed by atoms with Gasteiger partial charge in [0.25, 0.3) is 0 Å². The van der Waals surface area contributed by atoms with Crippen LogP contribution in [0.1, 0.15) is 25.7 Å². The van der Waals surface area contributed by atoms with Crippen LogP contribution < -0.4 is 21.3 Å². The third-order valence-electron chi connectivity index (χ3n) is 5.20. The molecule has 8 heteroatoms. The number of amides is 4. The van der Waals surface area contributed by atoms with Gasteiger partial charge in [0.05, 0.1) is 0 Å². The summed E-state index contributed by atoms with van der Waals surface area (Å²) in [6.07, 6.45) is 4.22. The van der Waals surface area contributed by atoms with E-state index in [2.05, 4.69) is 21.3 Å². The Morgan fingerprint density at radius 3 is 1.53 bits per heavy atom. The van der Waals surface area contributed by atoms with E-state index in [9.17, 15) is 9.59 Å². The zero-order valence-electron chi connectivity index (χ0n) is 16.6. The van der Waals surface area contributed by atoms with Crippen molar-refractivity contribution in [3.63, 3.8) is 0 Å². The van der Waals surface area contributed by atoms with Crippen LogP contribution in [0.4, 0.5) is 21.0 Å². The second-order valence-corrected chi connectivity index (χ2v) is 8.46. The van der Waals surface area contributed by atoms with Gasteiger partial charge in [0.15, 0.2) is 0 Å². The molecule has 3 rings (SSSR count). The molecule has 0 heterocycles. The maximum Gasteiger partial charge on any atom is 0.319 e. The van der Waals surface area contributed by atoms with Crippen LogP contribution in [0.15, 0.2) is 48.5 Å². The van der Waals surface area contributed by atoms with E-state index in [4.69, 9.17) is 23.2 Å². The monoisotopic (exact) mass is 448 g/mol. The Morgan fingerprint density at radius 1 is 0.733 bits per heavy atom. The van der Waals surface area contributed by atoms with E-state index in [0.717, 1.165) is 25.7 Å². The summed E-state index contributed by atoms with van der Waals surface area (Å²) in [6, 6.07) is 13.5. The quantitative estimate of drug-likeness (QED) is 0.453. The molecular formula is C22H26Cl2N4O2. The number of rotatable bonds is 6. The fraction of sp³-hybridized carbons (Fsp3) is 0.364. The van der Waals surface area contributed by atoms with Gasteiger partial charge in [-0.15, -0.1) is 0 Å². The summed E-state index contributed by atoms with van der Waals surface area (Å²) in [7, 11) is 0. The van der Waals surface area contributed by atoms with Crippen LogP contribution in [0.3, 0.4) is 0 Å². The fourth-order valence-corrected chi connectivity index (χ4v) is 3.92. The summed E-state index contributed by atoms with van der Waals surface area (Å²) in [5.74, 6) is 0.807. The average molecular weight is 449 g/mol. The lowest BCUT2D eigenvalue weighted by molar-refractivity contribution is 0.230. The first-order valence-corrected chi connectivity index (χ1v) is 10.8. The highest BCUT2D eigenvalue weighted by Gasteiger charge is 2.23. The molecule has 1 aliphatic carbocycles. The third-order valence-corrected chi connectivity index (χ3v) is 5.70. The Balaban J connectivity index is 1.36. The van der Waals surface area contributed by atoms with Crippen LogP contribution in [0.25, 0.3) is 0 Å². The molecule has 2 atom stereocenters. The van der Waals surface area contributed by atoms with Crippen molar-refractivity contribution in [2.24, 2.45) is 11.8 Å². The Labute approximate surface area is 186 Å². The number of carbonyl (C=O) groups excluding carboxylic acids is 2. The molecule has 1 saturated carbocycles. The number of hydrogen-bond acceptors (Lipinski definition) is 2. The van der Waals surface area contributed by atoms with E-state index in [1.165, 1.54) is 0 Å². The van der Waals surface area contributed by atoms with Crippen molar-refractivity contribution in [3.05, 3.63) is 58.6 Å². The highest BCUT2D eigenvalue weighted by Crippen LogP contribution is 2.28. The van der Waals surface area contributed by atoms with Crippen molar-refractivity contribution in [2.45, 2.75) is 25.7 Å². The summed E-state index contributed by atoms with van der Waals surface area (Å²) in [4.78, 5) is 24.2. The number of anilines is 2. The standard InChI is InChI=1S/C22H26Cl2N4O2/c23-17-4-8-19(9-5-17)27-21(29)25-13-15-2-1-3-16(12-15)14-26-22(30)28-20-10-6-18(24)7-11-20/h4-11,15-16H,1-3,12-14H2,(H2,25,27,29)(H2,26,28,30)/t15-,16-/m1/s1. The molecule has 1 fully saturated rings. The van der Waals surface area contributed by atoms with Crippen LogP contribution in [0, 0.1) is 11.8 Å². The van der Waals surface area contributed by atoms with Gasteiger partial charge in [0.2, 0.25) is 0 Å². The van der Waals surface area contributed by atoms with E-state index in [-0.39, 0.29) is 12.1 Å². The summed E-state index contributed by atoms with van der Waals surface area (Å²) in [5, 5.41) is 12.8. The van der Waals surface area contributed by atoms with Gasteiger partial charge in [0.1, 0.15) is 0 Å². The number of hydrogen-bond donors (Lipinski definition) is 4. The zero-order valence-corrected chi connectivity index (χ0v) is 18.1. The number of urea groups is 2. The number of benzene rings is 2. The Bertz CT molecular complexity index is 774. The maximum atomic E-state index is 12.1. The Morgan fingerprint density at radius 2 is 1.13 bits per heavy atom. The summed E-state index contributed by atoms with van der Waals surface area (Å²) in [5.41, 5.74) is 1.41. The van der Waals surface area contributed by atoms with Crippen molar-refractivity contribution in [1.29, 1.82) is 0 Å². The third kappa shape index (κ3) is 7.43. The predicted octanol–water partition coefficient (Wildman–Crippen LogP) is 5.74. The van der Waals surface area contributed by atoms with Gasteiger partial charge < -0.3 is 21.3 Å². The minimum atomic E-state index is -0.222. The highest BCUT2D eigenvalue weighted by molar-refractivity contribution is 6.30. The second kappa shape index (κ2) is 11.1. The van der Waals surface area contributed by atoms with Crippen LogP contribution in [-0.4, -0.2) is 25.2 Å². The average Bonchev–Trinajstić information content (AvgIpc) is 2.74. The molecular weight excluding hydrogens is 423 g/mol. The fourth-order valence-electron chi connectivity index (χ4n) is 3.66. The van der Waals surface area contributed by atoms with Crippen LogP contribution in [0.5, 0.6) is 0 Å². The molecule has 160 valence electrons. The van der Waals surface area contributed by atoms with Gasteiger partial charge in [-0.2, -0.15) is 0 Å². The molecule has 0 bridgehead atoms. The molecule has 0 aliphatic heterocycles. The minimum Gasteiger partial charge on any atom is -0.338 e. The lowest BCUT2D eigenvalue weighted by Crippen LogP contribution is -2.38. The highest BCUT2D eigenvalue weighted by atomic mass is 35.5. The summed E-state index contributed by atoms with van der Waals surface area (Å²) in [6.45, 7) is 1.24. The zero-order chi connectivity index (χ0) is 21.3. The number of carbonyl (C=O) groups is 2. The van der Waals surface area contributed by atoms with Gasteiger partial charge in [-0.3, -0.25) is 0 Å². The first kappa shape index (κ1) is 22.2. The molecule has 2 aromatic carbocycles. The Kier molecular flexibility index (Phi) is 8.22. The minimum absolute atomic E-state index is 0.222. The molecule has 0 aromatic heterocycles. The number of nitrogens with one attached hydrogen (secondary N) is 4. The lowest BCUT2D eigenvalue weighted by atomic mass is 9.81. The molecule has 2 aromatic rings. The lowest BCUT2D eigenvalue weighted by Gasteiger charge is -2.29. The van der Waals surface area contributed by atoms with Gasteiger partial charge in [-0.25, -0.2) is 9.59 Å². The Hall–Kier alpha value is -2.44. The first-order valence-electron chi connectivity index (χ1n) is 10.1. The second-order valence-electron chi connectivity index (χ2n) is 7.58. The molecule has 6 nitrogen and oxygen atoms in total. The molecule has 1 aliphatic rings. The van der Waals surface area contributed by atoms with Crippen molar-refractivity contribution < 1.29 is 9.59 Å². The van der Waals surface area contributed by atoms with E-state index in [1.54, 1.807) is 48.5 Å². The van der Waals surface area contributed by atoms with E-state index < -0.39 is 0 Å². The van der Waals surface area contributed by atoms with Crippen LogP contribution in [-0.2, 0) is 0 Å². The largest absolute Gasteiger partial charge is 0.338 e. The van der Waals surface area contributed by atoms with Crippen LogP contribution in [0.2, 0.25) is 10.0 Å². The number of halogens is 2. The van der Waals surface area contributed by atoms with Gasteiger partial charge >= 0.3 is 12.1 Å². The van der Waals surface area contributed by atoms with Gasteiger partial charge in [0, 0.05) is 34.5 Å². The van der Waals surface area contributed by atoms with Gasteiger partial charge in [-0.1, -0.05) is 29.6 Å². The molecule has 0 unspecified atom stereocenters. The van der Waals surface area contributed by atoms with Crippen LogP contribution >= 0.6 is 23.2 Å². The smallest absolute Gasteiger partial charge is 0.319 e. The van der Waals surface area contributed by atoms with Crippen molar-refractivity contribution in [2.75, 3.05) is 23.7 Å². The summed E-state index contributed by atoms with van der Waals surface area (Å²) < 4.78 is 0. The molecule has 30 heavy (non-hydrogen) atoms. The molecule has 4 N–H and O–H groups in total. The first-order chi connectivity index (χ1) is 14.5.